The Hall–Kier alpha value is -1.35. The van der Waals surface area contributed by atoms with Crippen LogP contribution in [0.1, 0.15) is 6.42 Å². The van der Waals surface area contributed by atoms with E-state index < -0.39 is 21.5 Å². The zero-order valence-electron chi connectivity index (χ0n) is 11.2. The van der Waals surface area contributed by atoms with Crippen LogP contribution in [0.2, 0.25) is 5.02 Å². The summed E-state index contributed by atoms with van der Waals surface area (Å²) in [5.74, 6) is -0.858. The van der Waals surface area contributed by atoms with Gasteiger partial charge in [-0.15, -0.1) is 0 Å². The smallest absolute Gasteiger partial charge is 0.325 e. The van der Waals surface area contributed by atoms with Crippen molar-refractivity contribution in [2.75, 3.05) is 20.2 Å². The zero-order valence-corrected chi connectivity index (χ0v) is 12.8. The van der Waals surface area contributed by atoms with Gasteiger partial charge in [-0.1, -0.05) is 11.6 Å². The molecule has 1 aliphatic rings. The van der Waals surface area contributed by atoms with Crippen LogP contribution in [0.4, 0.5) is 0 Å². The molecule has 1 unspecified atom stereocenters. The molecule has 7 nitrogen and oxygen atoms in total. The largest absolute Gasteiger partial charge is 0.495 e. The molecule has 116 valence electrons. The van der Waals surface area contributed by atoms with Crippen LogP contribution in [-0.2, 0) is 14.8 Å². The molecule has 3 N–H and O–H groups in total. The van der Waals surface area contributed by atoms with Crippen molar-refractivity contribution in [1.29, 1.82) is 0 Å². The number of nitrogens with zero attached hydrogens (tertiary/aromatic N) is 1. The van der Waals surface area contributed by atoms with Gasteiger partial charge in [-0.05, 0) is 24.6 Å². The molecule has 1 heterocycles. The second-order valence-corrected chi connectivity index (χ2v) is 7.19. The maximum atomic E-state index is 12.5. The Morgan fingerprint density at radius 3 is 2.67 bits per heavy atom. The monoisotopic (exact) mass is 334 g/mol. The van der Waals surface area contributed by atoms with Gasteiger partial charge in [0, 0.05) is 13.1 Å². The number of sulfonamides is 1. The second kappa shape index (κ2) is 5.45. The number of benzene rings is 1. The Balaban J connectivity index is 2.32. The summed E-state index contributed by atoms with van der Waals surface area (Å²) >= 11 is 5.92. The van der Waals surface area contributed by atoms with Gasteiger partial charge in [0.1, 0.15) is 11.3 Å². The summed E-state index contributed by atoms with van der Waals surface area (Å²) in [6.45, 7) is -0.219. The molecule has 0 aliphatic carbocycles. The molecule has 1 aromatic carbocycles. The van der Waals surface area contributed by atoms with Crippen molar-refractivity contribution in [2.45, 2.75) is 16.9 Å². The number of rotatable bonds is 4. The minimum atomic E-state index is -3.84. The lowest BCUT2D eigenvalue weighted by Gasteiger charge is -2.20. The number of hydrogen-bond donors (Lipinski definition) is 2. The van der Waals surface area contributed by atoms with Gasteiger partial charge in [0.2, 0.25) is 10.0 Å². The number of carboxylic acids is 1. The van der Waals surface area contributed by atoms with Crippen molar-refractivity contribution in [3.8, 4) is 5.75 Å². The third-order valence-electron chi connectivity index (χ3n) is 3.45. The van der Waals surface area contributed by atoms with Gasteiger partial charge in [-0.3, -0.25) is 4.79 Å². The first-order valence-corrected chi connectivity index (χ1v) is 7.88. The summed E-state index contributed by atoms with van der Waals surface area (Å²) in [6.07, 6.45) is 0.0610. The summed E-state index contributed by atoms with van der Waals surface area (Å²) < 4.78 is 31.0. The first-order valence-electron chi connectivity index (χ1n) is 6.07. The van der Waals surface area contributed by atoms with Crippen molar-refractivity contribution in [3.63, 3.8) is 0 Å². The van der Waals surface area contributed by atoms with Crippen molar-refractivity contribution in [1.82, 2.24) is 4.31 Å². The number of halogens is 1. The first kappa shape index (κ1) is 16.0. The van der Waals surface area contributed by atoms with Gasteiger partial charge >= 0.3 is 5.97 Å². The van der Waals surface area contributed by atoms with Crippen molar-refractivity contribution < 1.29 is 23.1 Å². The molecule has 2 rings (SSSR count). The number of carboxylic acid groups (broad SMARTS) is 1. The molecule has 1 fully saturated rings. The maximum Gasteiger partial charge on any atom is 0.325 e. The minimum Gasteiger partial charge on any atom is -0.495 e. The highest BCUT2D eigenvalue weighted by Crippen LogP contribution is 2.31. The van der Waals surface area contributed by atoms with Crippen LogP contribution >= 0.6 is 11.6 Å². The molecule has 1 aliphatic heterocycles. The van der Waals surface area contributed by atoms with Gasteiger partial charge in [-0.25, -0.2) is 8.42 Å². The van der Waals surface area contributed by atoms with Crippen LogP contribution < -0.4 is 10.5 Å². The normalized spacial score (nSPS) is 23.2. The minimum absolute atomic E-state index is 0.0251. The first-order chi connectivity index (χ1) is 9.70. The Bertz CT molecular complexity index is 678. The van der Waals surface area contributed by atoms with Gasteiger partial charge in [0.05, 0.1) is 17.0 Å². The fourth-order valence-electron chi connectivity index (χ4n) is 2.13. The standard InChI is InChI=1S/C12H15ClN2O5S/c1-20-10-3-2-8(6-9(10)13)21(18,19)15-5-4-12(14,7-15)11(16)17/h2-3,6H,4-5,7,14H2,1H3,(H,16,17). The predicted molar refractivity (Wildman–Crippen MR) is 75.9 cm³/mol. The van der Waals surface area contributed by atoms with Crippen LogP contribution in [0.15, 0.2) is 23.1 Å². The molecular formula is C12H15ClN2O5S. The second-order valence-electron chi connectivity index (χ2n) is 4.85. The van der Waals surface area contributed by atoms with Crippen molar-refractivity contribution in [3.05, 3.63) is 23.2 Å². The lowest BCUT2D eigenvalue weighted by Crippen LogP contribution is -2.50. The number of methoxy groups -OCH3 is 1. The highest BCUT2D eigenvalue weighted by Gasteiger charge is 2.45. The number of aliphatic carboxylic acids is 1. The molecule has 0 aromatic heterocycles. The molecule has 0 bridgehead atoms. The molecule has 1 saturated heterocycles. The Morgan fingerprint density at radius 2 is 2.19 bits per heavy atom. The van der Waals surface area contributed by atoms with E-state index >= 15 is 0 Å². The Labute approximate surface area is 127 Å². The van der Waals surface area contributed by atoms with E-state index in [0.717, 1.165) is 4.31 Å². The van der Waals surface area contributed by atoms with Gasteiger partial charge < -0.3 is 15.6 Å². The predicted octanol–water partition coefficient (Wildman–Crippen LogP) is 0.525. The molecule has 1 aromatic rings. The Morgan fingerprint density at radius 1 is 1.52 bits per heavy atom. The van der Waals surface area contributed by atoms with Gasteiger partial charge in [0.25, 0.3) is 0 Å². The van der Waals surface area contributed by atoms with E-state index in [2.05, 4.69) is 0 Å². The number of nitrogens with two attached hydrogens (primary N) is 1. The van der Waals surface area contributed by atoms with E-state index in [1.54, 1.807) is 0 Å². The summed E-state index contributed by atoms with van der Waals surface area (Å²) in [6, 6.07) is 4.07. The van der Waals surface area contributed by atoms with Crippen molar-refractivity contribution in [2.24, 2.45) is 5.73 Å². The number of ether oxygens (including phenoxy) is 1. The van der Waals surface area contributed by atoms with E-state index in [-0.39, 0.29) is 29.4 Å². The third kappa shape index (κ3) is 2.84. The third-order valence-corrected chi connectivity index (χ3v) is 5.59. The highest BCUT2D eigenvalue weighted by atomic mass is 35.5. The van der Waals surface area contributed by atoms with Crippen LogP contribution in [-0.4, -0.2) is 49.5 Å². The summed E-state index contributed by atoms with van der Waals surface area (Å²) in [7, 11) is -2.42. The van der Waals surface area contributed by atoms with Crippen LogP contribution in [0.25, 0.3) is 0 Å². The van der Waals surface area contributed by atoms with Crippen LogP contribution in [0.5, 0.6) is 5.75 Å². The fraction of sp³-hybridized carbons (Fsp3) is 0.417. The topological polar surface area (TPSA) is 110 Å². The average Bonchev–Trinajstić information content (AvgIpc) is 2.83. The van der Waals surface area contributed by atoms with E-state index in [1.807, 2.05) is 0 Å². The SMILES string of the molecule is COc1ccc(S(=O)(=O)N2CCC(N)(C(=O)O)C2)cc1Cl. The summed E-state index contributed by atoms with van der Waals surface area (Å²) in [5.41, 5.74) is 4.14. The summed E-state index contributed by atoms with van der Waals surface area (Å²) in [5, 5.41) is 9.22. The molecule has 0 spiro atoms. The maximum absolute atomic E-state index is 12.5. The van der Waals surface area contributed by atoms with Gasteiger partial charge in [-0.2, -0.15) is 4.31 Å². The zero-order chi connectivity index (χ0) is 15.8. The molecule has 9 heteroatoms. The highest BCUT2D eigenvalue weighted by molar-refractivity contribution is 7.89. The average molecular weight is 335 g/mol. The molecule has 1 atom stereocenters. The van der Waals surface area contributed by atoms with E-state index in [4.69, 9.17) is 27.2 Å². The molecule has 0 radical (unpaired) electrons. The Kier molecular flexibility index (Phi) is 4.16. The lowest BCUT2D eigenvalue weighted by molar-refractivity contribution is -0.142. The van der Waals surface area contributed by atoms with Gasteiger partial charge in [0.15, 0.2) is 0 Å². The molecule has 21 heavy (non-hydrogen) atoms. The van der Waals surface area contributed by atoms with E-state index in [0.29, 0.717) is 5.75 Å². The molecule has 0 amide bonds. The fourth-order valence-corrected chi connectivity index (χ4v) is 3.99. The van der Waals surface area contributed by atoms with E-state index in [9.17, 15) is 13.2 Å². The molecule has 0 saturated carbocycles. The molecular weight excluding hydrogens is 320 g/mol. The summed E-state index contributed by atoms with van der Waals surface area (Å²) in [4.78, 5) is 11.1. The number of carbonyl (C=O) groups is 1. The van der Waals surface area contributed by atoms with E-state index in [1.165, 1.54) is 25.3 Å². The quantitative estimate of drug-likeness (QED) is 0.831. The van der Waals surface area contributed by atoms with Crippen molar-refractivity contribution >= 4 is 27.6 Å². The van der Waals surface area contributed by atoms with Crippen LogP contribution in [0.3, 0.4) is 0 Å². The van der Waals surface area contributed by atoms with Crippen LogP contribution in [0, 0.1) is 0 Å². The number of hydrogen-bond acceptors (Lipinski definition) is 5. The lowest BCUT2D eigenvalue weighted by atomic mass is 10.0.